The Bertz CT molecular complexity index is 944. The van der Waals surface area contributed by atoms with Crippen molar-refractivity contribution in [1.82, 2.24) is 9.78 Å². The number of nitrogens with one attached hydrogen (secondary N) is 1. The minimum Gasteiger partial charge on any atom is -0.397 e. The summed E-state index contributed by atoms with van der Waals surface area (Å²) in [5.41, 5.74) is 14.6. The van der Waals surface area contributed by atoms with Gasteiger partial charge in [-0.3, -0.25) is 4.68 Å². The maximum atomic E-state index is 6.07. The number of hydrogen-bond acceptors (Lipinski definition) is 3. The molecule has 3 rings (SSSR count). The van der Waals surface area contributed by atoms with Crippen LogP contribution < -0.4 is 11.1 Å². The molecule has 4 heteroatoms. The molecule has 1 aliphatic rings. The first kappa shape index (κ1) is 18.8. The molecular weight excluding hydrogens is 332 g/mol. The molecule has 4 nitrogen and oxygen atoms in total. The Hall–Kier alpha value is -3.01. The van der Waals surface area contributed by atoms with Crippen molar-refractivity contribution in [3.05, 3.63) is 78.1 Å². The molecule has 1 aromatic heterocycles. The molecule has 2 aromatic rings. The van der Waals surface area contributed by atoms with Gasteiger partial charge in [0, 0.05) is 23.9 Å². The predicted octanol–water partition coefficient (Wildman–Crippen LogP) is 4.87. The summed E-state index contributed by atoms with van der Waals surface area (Å²) >= 11 is 0. The van der Waals surface area contributed by atoms with E-state index in [-0.39, 0.29) is 6.04 Å². The smallest absolute Gasteiger partial charge is 0.111 e. The third kappa shape index (κ3) is 3.61. The highest BCUT2D eigenvalue weighted by Gasteiger charge is 2.27. The number of benzene rings is 1. The Morgan fingerprint density at radius 2 is 2.15 bits per heavy atom. The van der Waals surface area contributed by atoms with Gasteiger partial charge < -0.3 is 11.1 Å². The van der Waals surface area contributed by atoms with Crippen molar-refractivity contribution in [1.29, 1.82) is 0 Å². The van der Waals surface area contributed by atoms with E-state index in [1.165, 1.54) is 22.3 Å². The fraction of sp³-hybridized carbons (Fsp3) is 0.261. The minimum atomic E-state index is 0.0884. The number of fused-ring (bicyclic) bond motifs is 3. The Labute approximate surface area is 161 Å². The number of rotatable bonds is 6. The zero-order valence-electron chi connectivity index (χ0n) is 16.4. The van der Waals surface area contributed by atoms with Crippen molar-refractivity contribution in [2.45, 2.75) is 32.7 Å². The van der Waals surface area contributed by atoms with E-state index in [4.69, 9.17) is 10.8 Å². The second-order valence-electron chi connectivity index (χ2n) is 7.01. The lowest BCUT2D eigenvalue weighted by Crippen LogP contribution is -2.11. The van der Waals surface area contributed by atoms with Gasteiger partial charge in [-0.05, 0) is 44.4 Å². The van der Waals surface area contributed by atoms with Crippen molar-refractivity contribution in [2.75, 3.05) is 12.4 Å². The molecular formula is C23H28N4. The van der Waals surface area contributed by atoms with Crippen molar-refractivity contribution in [3.8, 4) is 11.3 Å². The van der Waals surface area contributed by atoms with Gasteiger partial charge in [0.1, 0.15) is 5.69 Å². The zero-order chi connectivity index (χ0) is 19.6. The van der Waals surface area contributed by atoms with E-state index < -0.39 is 0 Å². The number of aryl methyl sites for hydroxylation is 1. The molecule has 27 heavy (non-hydrogen) atoms. The third-order valence-corrected chi connectivity index (χ3v) is 5.00. The van der Waals surface area contributed by atoms with E-state index in [1.807, 2.05) is 13.1 Å². The van der Waals surface area contributed by atoms with Crippen LogP contribution in [0.1, 0.15) is 36.7 Å². The van der Waals surface area contributed by atoms with Gasteiger partial charge in [-0.25, -0.2) is 0 Å². The van der Waals surface area contributed by atoms with Crippen LogP contribution in [0.5, 0.6) is 0 Å². The topological polar surface area (TPSA) is 55.9 Å². The summed E-state index contributed by atoms with van der Waals surface area (Å²) in [5, 5.41) is 8.10. The molecule has 3 N–H and O–H groups in total. The van der Waals surface area contributed by atoms with Crippen LogP contribution in [-0.2, 0) is 12.8 Å². The first-order valence-electron chi connectivity index (χ1n) is 9.31. The van der Waals surface area contributed by atoms with Gasteiger partial charge in [0.2, 0.25) is 0 Å². The molecule has 0 saturated heterocycles. The molecule has 0 fully saturated rings. The first-order valence-corrected chi connectivity index (χ1v) is 9.31. The molecule has 0 radical (unpaired) electrons. The largest absolute Gasteiger partial charge is 0.397 e. The fourth-order valence-corrected chi connectivity index (χ4v) is 3.70. The van der Waals surface area contributed by atoms with E-state index in [9.17, 15) is 0 Å². The Kier molecular flexibility index (Phi) is 5.36. The summed E-state index contributed by atoms with van der Waals surface area (Å²) < 4.78 is 2.09. The van der Waals surface area contributed by atoms with Crippen LogP contribution in [0, 0.1) is 0 Å². The number of nitrogens with two attached hydrogens (primary N) is 1. The van der Waals surface area contributed by atoms with Gasteiger partial charge in [0.15, 0.2) is 0 Å². The normalized spacial score (nSPS) is 14.6. The van der Waals surface area contributed by atoms with Gasteiger partial charge >= 0.3 is 0 Å². The van der Waals surface area contributed by atoms with Crippen molar-refractivity contribution < 1.29 is 0 Å². The molecule has 1 unspecified atom stereocenters. The van der Waals surface area contributed by atoms with E-state index in [0.29, 0.717) is 5.70 Å². The lowest BCUT2D eigenvalue weighted by Gasteiger charge is -2.21. The van der Waals surface area contributed by atoms with Crippen molar-refractivity contribution >= 4 is 11.4 Å². The second-order valence-corrected chi connectivity index (χ2v) is 7.01. The highest BCUT2D eigenvalue weighted by molar-refractivity contribution is 5.78. The van der Waals surface area contributed by atoms with Crippen LogP contribution in [0.4, 0.5) is 5.69 Å². The maximum absolute atomic E-state index is 6.07. The third-order valence-electron chi connectivity index (χ3n) is 5.00. The van der Waals surface area contributed by atoms with Crippen molar-refractivity contribution in [3.63, 3.8) is 0 Å². The van der Waals surface area contributed by atoms with E-state index in [2.05, 4.69) is 67.4 Å². The predicted molar refractivity (Wildman–Crippen MR) is 116 cm³/mol. The lowest BCUT2D eigenvalue weighted by molar-refractivity contribution is 0.582. The number of anilines is 1. The van der Waals surface area contributed by atoms with Crippen LogP contribution in [-0.4, -0.2) is 16.8 Å². The first-order chi connectivity index (χ1) is 13.0. The maximum Gasteiger partial charge on any atom is 0.111 e. The van der Waals surface area contributed by atoms with Gasteiger partial charge in [0.05, 0.1) is 17.4 Å². The monoisotopic (exact) mass is 360 g/mol. The molecule has 0 amide bonds. The molecule has 0 saturated carbocycles. The second kappa shape index (κ2) is 7.70. The number of hydrogen-bond donors (Lipinski definition) is 2. The molecule has 1 aromatic carbocycles. The average Bonchev–Trinajstić information content (AvgIpc) is 3.06. The summed E-state index contributed by atoms with van der Waals surface area (Å²) in [6, 6.07) is 6.62. The fourth-order valence-electron chi connectivity index (χ4n) is 3.70. The molecule has 1 heterocycles. The van der Waals surface area contributed by atoms with Crippen LogP contribution >= 0.6 is 0 Å². The number of aromatic nitrogens is 2. The van der Waals surface area contributed by atoms with Gasteiger partial charge in [0.25, 0.3) is 0 Å². The Morgan fingerprint density at radius 1 is 1.37 bits per heavy atom. The summed E-state index contributed by atoms with van der Waals surface area (Å²) in [7, 11) is 1.94. The standard InChI is InChI=1S/C23H28N4/c1-6-7-8-15(2)13-16(3)27-23-20(22(26-27)17(4)24)12-10-18-9-11-19(25-5)14-21(18)23/h6-9,11,13-14,16,25H,1,4,10,12,24H2,2-3,5H3/b8-7-,15-13-. The van der Waals surface area contributed by atoms with Crippen LogP contribution in [0.25, 0.3) is 17.0 Å². The van der Waals surface area contributed by atoms with Crippen LogP contribution in [0.3, 0.4) is 0 Å². The van der Waals surface area contributed by atoms with Gasteiger partial charge in [-0.1, -0.05) is 49.1 Å². The van der Waals surface area contributed by atoms with E-state index in [1.54, 1.807) is 6.08 Å². The molecule has 1 aliphatic carbocycles. The summed E-state index contributed by atoms with van der Waals surface area (Å²) in [6.07, 6.45) is 9.90. The van der Waals surface area contributed by atoms with Gasteiger partial charge in [-0.15, -0.1) is 0 Å². The number of nitrogens with zero attached hydrogens (tertiary/aromatic N) is 2. The highest BCUT2D eigenvalue weighted by atomic mass is 15.3. The molecule has 1 atom stereocenters. The SMILES string of the molecule is C=C/C=C\C(C)=C/C(C)n1nc(C(=C)N)c2c1-c1cc(NC)ccc1CC2. The lowest BCUT2D eigenvalue weighted by atomic mass is 9.88. The van der Waals surface area contributed by atoms with Crippen LogP contribution in [0.15, 0.2) is 61.2 Å². The van der Waals surface area contributed by atoms with E-state index in [0.717, 1.165) is 29.9 Å². The quantitative estimate of drug-likeness (QED) is 0.723. The summed E-state index contributed by atoms with van der Waals surface area (Å²) in [6.45, 7) is 11.9. The summed E-state index contributed by atoms with van der Waals surface area (Å²) in [5.74, 6) is 0. The van der Waals surface area contributed by atoms with E-state index >= 15 is 0 Å². The Balaban J connectivity index is 2.17. The molecule has 0 aliphatic heterocycles. The molecule has 0 spiro atoms. The highest BCUT2D eigenvalue weighted by Crippen LogP contribution is 2.39. The Morgan fingerprint density at radius 3 is 2.81 bits per heavy atom. The van der Waals surface area contributed by atoms with Gasteiger partial charge in [-0.2, -0.15) is 5.10 Å². The molecule has 140 valence electrons. The minimum absolute atomic E-state index is 0.0884. The van der Waals surface area contributed by atoms with Crippen LogP contribution in [0.2, 0.25) is 0 Å². The average molecular weight is 361 g/mol. The molecule has 0 bridgehead atoms. The summed E-state index contributed by atoms with van der Waals surface area (Å²) in [4.78, 5) is 0. The van der Waals surface area contributed by atoms with Crippen molar-refractivity contribution in [2.24, 2.45) is 5.73 Å². The zero-order valence-corrected chi connectivity index (χ0v) is 16.4. The number of allylic oxidation sites excluding steroid dienone is 5.